The number of hydrogen-bond acceptors (Lipinski definition) is 4. The Morgan fingerprint density at radius 1 is 1.62 bits per heavy atom. The van der Waals surface area contributed by atoms with Crippen LogP contribution in [0.3, 0.4) is 0 Å². The summed E-state index contributed by atoms with van der Waals surface area (Å²) in [6.07, 6.45) is 1.72. The highest BCUT2D eigenvalue weighted by atomic mass is 32.2. The van der Waals surface area contributed by atoms with Gasteiger partial charge in [0.2, 0.25) is 0 Å². The third-order valence-corrected chi connectivity index (χ3v) is 3.60. The lowest BCUT2D eigenvalue weighted by molar-refractivity contribution is 0.0773. The van der Waals surface area contributed by atoms with Crippen molar-refractivity contribution in [1.82, 2.24) is 4.98 Å². The number of anilines is 1. The Hall–Kier alpha value is -0.740. The molecule has 0 atom stereocenters. The summed E-state index contributed by atoms with van der Waals surface area (Å²) in [6.45, 7) is 1.95. The average molecular weight is 196 g/mol. The van der Waals surface area contributed by atoms with Gasteiger partial charge in [-0.3, -0.25) is 0 Å². The molecular weight excluding hydrogens is 184 g/mol. The summed E-state index contributed by atoms with van der Waals surface area (Å²) in [6, 6.07) is 1.92. The molecule has 0 aliphatic carbocycles. The van der Waals surface area contributed by atoms with Gasteiger partial charge < -0.3 is 10.8 Å². The first-order valence-electron chi connectivity index (χ1n) is 4.14. The van der Waals surface area contributed by atoms with E-state index in [1.54, 1.807) is 18.0 Å². The summed E-state index contributed by atoms with van der Waals surface area (Å²) >= 11 is 1.72. The molecule has 1 aromatic rings. The molecule has 2 rings (SSSR count). The fourth-order valence-corrected chi connectivity index (χ4v) is 2.31. The molecule has 2 heterocycles. The van der Waals surface area contributed by atoms with Crippen molar-refractivity contribution in [2.45, 2.75) is 12.5 Å². The van der Waals surface area contributed by atoms with Crippen molar-refractivity contribution in [2.75, 3.05) is 17.2 Å². The Kier molecular flexibility index (Phi) is 1.96. The van der Waals surface area contributed by atoms with Crippen LogP contribution in [0.15, 0.2) is 12.3 Å². The average Bonchev–Trinajstić information content (AvgIpc) is 2.05. The smallest absolute Gasteiger partial charge is 0.129 e. The first-order chi connectivity index (χ1) is 6.12. The molecule has 1 fully saturated rings. The van der Waals surface area contributed by atoms with E-state index < -0.39 is 5.60 Å². The van der Waals surface area contributed by atoms with Crippen molar-refractivity contribution in [2.24, 2.45) is 0 Å². The number of aryl methyl sites for hydroxylation is 1. The summed E-state index contributed by atoms with van der Waals surface area (Å²) in [7, 11) is 0. The standard InChI is InChI=1S/C9H12N2OS/c1-6-2-7(8(10)11-3-6)9(12)4-13-5-9/h2-3,12H,4-5H2,1H3,(H2,10,11). The number of nitrogens with zero attached hydrogens (tertiary/aromatic N) is 1. The zero-order valence-electron chi connectivity index (χ0n) is 7.45. The quantitative estimate of drug-likeness (QED) is 0.701. The van der Waals surface area contributed by atoms with E-state index >= 15 is 0 Å². The van der Waals surface area contributed by atoms with Gasteiger partial charge in [0.25, 0.3) is 0 Å². The van der Waals surface area contributed by atoms with Crippen molar-refractivity contribution >= 4 is 17.6 Å². The van der Waals surface area contributed by atoms with E-state index in [2.05, 4.69) is 4.98 Å². The van der Waals surface area contributed by atoms with Gasteiger partial charge in [-0.05, 0) is 18.6 Å². The highest BCUT2D eigenvalue weighted by Gasteiger charge is 2.39. The molecule has 1 aromatic heterocycles. The number of hydrogen-bond donors (Lipinski definition) is 2. The van der Waals surface area contributed by atoms with Crippen LogP contribution in [0.1, 0.15) is 11.1 Å². The van der Waals surface area contributed by atoms with Crippen LogP contribution < -0.4 is 5.73 Å². The summed E-state index contributed by atoms with van der Waals surface area (Å²) in [5, 5.41) is 10.0. The molecule has 0 spiro atoms. The summed E-state index contributed by atoms with van der Waals surface area (Å²) < 4.78 is 0. The lowest BCUT2D eigenvalue weighted by atomic mass is 9.96. The van der Waals surface area contributed by atoms with Gasteiger partial charge in [-0.15, -0.1) is 0 Å². The lowest BCUT2D eigenvalue weighted by Crippen LogP contribution is -2.40. The molecule has 13 heavy (non-hydrogen) atoms. The molecule has 0 saturated carbocycles. The van der Waals surface area contributed by atoms with Crippen LogP contribution in [-0.2, 0) is 5.60 Å². The van der Waals surface area contributed by atoms with Crippen molar-refractivity contribution in [1.29, 1.82) is 0 Å². The van der Waals surface area contributed by atoms with Crippen LogP contribution >= 0.6 is 11.8 Å². The van der Waals surface area contributed by atoms with Crippen LogP contribution in [0.2, 0.25) is 0 Å². The molecule has 1 saturated heterocycles. The topological polar surface area (TPSA) is 59.1 Å². The van der Waals surface area contributed by atoms with E-state index in [1.807, 2.05) is 13.0 Å². The first kappa shape index (κ1) is 8.84. The molecule has 0 amide bonds. The predicted octanol–water partition coefficient (Wildman–Crippen LogP) is 0.907. The molecule has 0 aromatic carbocycles. The number of aromatic nitrogens is 1. The van der Waals surface area contributed by atoms with Gasteiger partial charge in [0.05, 0.1) is 0 Å². The minimum atomic E-state index is -0.728. The van der Waals surface area contributed by atoms with E-state index in [0.29, 0.717) is 5.82 Å². The van der Waals surface area contributed by atoms with E-state index in [-0.39, 0.29) is 0 Å². The minimum absolute atomic E-state index is 0.452. The fourth-order valence-electron chi connectivity index (χ4n) is 1.40. The summed E-state index contributed by atoms with van der Waals surface area (Å²) in [4.78, 5) is 4.04. The van der Waals surface area contributed by atoms with Crippen molar-refractivity contribution in [3.8, 4) is 0 Å². The molecule has 1 aliphatic heterocycles. The molecular formula is C9H12N2OS. The minimum Gasteiger partial charge on any atom is -0.383 e. The molecule has 70 valence electrons. The van der Waals surface area contributed by atoms with E-state index in [9.17, 15) is 5.11 Å². The molecule has 0 bridgehead atoms. The Labute approximate surface area is 81.4 Å². The van der Waals surface area contributed by atoms with Gasteiger partial charge in [-0.1, -0.05) is 0 Å². The zero-order chi connectivity index (χ0) is 9.47. The molecule has 0 radical (unpaired) electrons. The van der Waals surface area contributed by atoms with Crippen LogP contribution in [0.4, 0.5) is 5.82 Å². The maximum atomic E-state index is 10.0. The maximum Gasteiger partial charge on any atom is 0.129 e. The highest BCUT2D eigenvalue weighted by Crippen LogP contribution is 2.40. The number of pyridine rings is 1. The normalized spacial score (nSPS) is 19.5. The van der Waals surface area contributed by atoms with Crippen LogP contribution in [0, 0.1) is 6.92 Å². The Morgan fingerprint density at radius 3 is 2.85 bits per heavy atom. The van der Waals surface area contributed by atoms with E-state index in [0.717, 1.165) is 22.6 Å². The number of nitrogens with two attached hydrogens (primary N) is 1. The SMILES string of the molecule is Cc1cnc(N)c(C2(O)CSC2)c1. The summed E-state index contributed by atoms with van der Waals surface area (Å²) in [5.41, 5.74) is 6.80. The number of thioether (sulfide) groups is 1. The van der Waals surface area contributed by atoms with Gasteiger partial charge in [0.15, 0.2) is 0 Å². The van der Waals surface area contributed by atoms with Crippen molar-refractivity contribution in [3.05, 3.63) is 23.4 Å². The van der Waals surface area contributed by atoms with Crippen molar-refractivity contribution in [3.63, 3.8) is 0 Å². The first-order valence-corrected chi connectivity index (χ1v) is 5.30. The largest absolute Gasteiger partial charge is 0.383 e. The number of aliphatic hydroxyl groups is 1. The molecule has 0 unspecified atom stereocenters. The molecule has 1 aliphatic rings. The van der Waals surface area contributed by atoms with Gasteiger partial charge in [0.1, 0.15) is 11.4 Å². The Balaban J connectivity index is 2.43. The molecule has 3 N–H and O–H groups in total. The highest BCUT2D eigenvalue weighted by molar-refractivity contribution is 8.00. The number of rotatable bonds is 1. The van der Waals surface area contributed by atoms with Crippen molar-refractivity contribution < 1.29 is 5.11 Å². The van der Waals surface area contributed by atoms with Crippen LogP contribution in [-0.4, -0.2) is 21.6 Å². The third-order valence-electron chi connectivity index (χ3n) is 2.24. The van der Waals surface area contributed by atoms with E-state index in [1.165, 1.54) is 0 Å². The van der Waals surface area contributed by atoms with Crippen LogP contribution in [0.25, 0.3) is 0 Å². The summed E-state index contributed by atoms with van der Waals surface area (Å²) in [5.74, 6) is 1.90. The Bertz CT molecular complexity index is 336. The lowest BCUT2D eigenvalue weighted by Gasteiger charge is -2.36. The van der Waals surface area contributed by atoms with Gasteiger partial charge in [-0.2, -0.15) is 11.8 Å². The third kappa shape index (κ3) is 1.40. The van der Waals surface area contributed by atoms with Gasteiger partial charge in [0, 0.05) is 23.3 Å². The predicted molar refractivity (Wildman–Crippen MR) is 54.6 cm³/mol. The molecule has 4 heteroatoms. The number of nitrogen functional groups attached to an aromatic ring is 1. The monoisotopic (exact) mass is 196 g/mol. The second-order valence-electron chi connectivity index (χ2n) is 3.47. The zero-order valence-corrected chi connectivity index (χ0v) is 8.27. The fraction of sp³-hybridized carbons (Fsp3) is 0.444. The second-order valence-corrected chi connectivity index (χ2v) is 4.46. The van der Waals surface area contributed by atoms with E-state index in [4.69, 9.17) is 5.73 Å². The maximum absolute atomic E-state index is 10.0. The van der Waals surface area contributed by atoms with Gasteiger partial charge >= 0.3 is 0 Å². The second kappa shape index (κ2) is 2.89. The Morgan fingerprint density at radius 2 is 2.31 bits per heavy atom. The molecule has 3 nitrogen and oxygen atoms in total. The van der Waals surface area contributed by atoms with Crippen LogP contribution in [0.5, 0.6) is 0 Å². The van der Waals surface area contributed by atoms with Gasteiger partial charge in [-0.25, -0.2) is 4.98 Å².